The van der Waals surface area contributed by atoms with Crippen LogP contribution in [-0.4, -0.2) is 30.5 Å². The van der Waals surface area contributed by atoms with Crippen LogP contribution in [0, 0.1) is 0 Å². The highest BCUT2D eigenvalue weighted by molar-refractivity contribution is 5.86. The van der Waals surface area contributed by atoms with Gasteiger partial charge in [0.05, 0.1) is 6.61 Å². The zero-order valence-corrected chi connectivity index (χ0v) is 18.8. The molecule has 2 aliphatic rings. The number of carbonyl (C=O) groups is 2. The molecule has 2 atom stereocenters. The predicted molar refractivity (Wildman–Crippen MR) is 129 cm³/mol. The fraction of sp³-hybridized carbons (Fsp3) is 0.357. The molecule has 1 saturated heterocycles. The highest BCUT2D eigenvalue weighted by atomic mass is 16.5. The average molecular weight is 443 g/mol. The van der Waals surface area contributed by atoms with Crippen molar-refractivity contribution >= 4 is 22.6 Å². The summed E-state index contributed by atoms with van der Waals surface area (Å²) in [6, 6.07) is 22.9. The number of hydrogen-bond acceptors (Lipinski definition) is 3. The Bertz CT molecular complexity index is 1170. The van der Waals surface area contributed by atoms with Gasteiger partial charge in [0.2, 0.25) is 11.8 Å². The van der Waals surface area contributed by atoms with Crippen LogP contribution >= 0.6 is 0 Å². The molecular formula is C28H30N2O3. The van der Waals surface area contributed by atoms with Crippen molar-refractivity contribution in [1.29, 1.82) is 0 Å². The van der Waals surface area contributed by atoms with Gasteiger partial charge in [-0.25, -0.2) is 0 Å². The van der Waals surface area contributed by atoms with E-state index in [1.807, 2.05) is 24.3 Å². The first-order chi connectivity index (χ1) is 16.1. The molecule has 5 rings (SSSR count). The summed E-state index contributed by atoms with van der Waals surface area (Å²) in [7, 11) is 0. The Kier molecular flexibility index (Phi) is 6.14. The molecule has 33 heavy (non-hydrogen) atoms. The molecule has 0 saturated carbocycles. The van der Waals surface area contributed by atoms with Gasteiger partial charge in [0.25, 0.3) is 0 Å². The van der Waals surface area contributed by atoms with Crippen LogP contribution in [0.4, 0.5) is 0 Å². The second-order valence-electron chi connectivity index (χ2n) is 9.26. The van der Waals surface area contributed by atoms with Crippen LogP contribution < -0.4 is 10.6 Å². The van der Waals surface area contributed by atoms with Gasteiger partial charge in [-0.3, -0.25) is 9.59 Å². The van der Waals surface area contributed by atoms with Crippen molar-refractivity contribution in [3.8, 4) is 0 Å². The van der Waals surface area contributed by atoms with E-state index in [2.05, 4.69) is 53.1 Å². The summed E-state index contributed by atoms with van der Waals surface area (Å²) >= 11 is 0. The van der Waals surface area contributed by atoms with Gasteiger partial charge < -0.3 is 15.4 Å². The van der Waals surface area contributed by atoms with E-state index in [1.54, 1.807) is 0 Å². The Morgan fingerprint density at radius 1 is 1.03 bits per heavy atom. The molecule has 2 N–H and O–H groups in total. The molecule has 2 heterocycles. The molecule has 0 aromatic heterocycles. The number of hydrogen-bond donors (Lipinski definition) is 2. The Labute approximate surface area is 194 Å². The topological polar surface area (TPSA) is 67.4 Å². The third-order valence-electron chi connectivity index (χ3n) is 7.05. The minimum absolute atomic E-state index is 0.0000910. The number of amides is 2. The molecule has 3 aromatic rings. The van der Waals surface area contributed by atoms with E-state index in [1.165, 1.54) is 27.5 Å². The highest BCUT2D eigenvalue weighted by Crippen LogP contribution is 2.32. The zero-order chi connectivity index (χ0) is 22.7. The van der Waals surface area contributed by atoms with Gasteiger partial charge >= 0.3 is 0 Å². The van der Waals surface area contributed by atoms with Gasteiger partial charge in [-0.2, -0.15) is 0 Å². The van der Waals surface area contributed by atoms with Gasteiger partial charge in [0.15, 0.2) is 0 Å². The minimum Gasteiger partial charge on any atom is -0.371 e. The van der Waals surface area contributed by atoms with Crippen molar-refractivity contribution in [2.24, 2.45) is 0 Å². The van der Waals surface area contributed by atoms with E-state index in [0.29, 0.717) is 32.4 Å². The Morgan fingerprint density at radius 3 is 2.73 bits per heavy atom. The molecule has 0 aliphatic carbocycles. The minimum atomic E-state index is -0.382. The largest absolute Gasteiger partial charge is 0.371 e. The maximum Gasteiger partial charge on any atom is 0.220 e. The normalized spacial score (nSPS) is 22.1. The first-order valence-electron chi connectivity index (χ1n) is 11.9. The molecule has 0 spiro atoms. The summed E-state index contributed by atoms with van der Waals surface area (Å²) in [4.78, 5) is 24.9. The fourth-order valence-corrected chi connectivity index (χ4v) is 5.29. The molecule has 1 fully saturated rings. The van der Waals surface area contributed by atoms with E-state index in [-0.39, 0.29) is 23.5 Å². The van der Waals surface area contributed by atoms with E-state index in [4.69, 9.17) is 4.74 Å². The third kappa shape index (κ3) is 4.79. The van der Waals surface area contributed by atoms with Crippen LogP contribution in [0.25, 0.3) is 10.8 Å². The fourth-order valence-electron chi connectivity index (χ4n) is 5.29. The molecule has 2 aliphatic heterocycles. The average Bonchev–Trinajstić information content (AvgIpc) is 3.22. The van der Waals surface area contributed by atoms with E-state index < -0.39 is 0 Å². The van der Waals surface area contributed by atoms with E-state index in [0.717, 1.165) is 19.3 Å². The van der Waals surface area contributed by atoms with Crippen molar-refractivity contribution in [3.05, 3.63) is 83.4 Å². The standard InChI is InChI=1S/C28H30N2O3/c31-26(29-19-25-24-11-4-2-7-21(24)14-17-33-25)12-15-28(16-13-27(32)30-28)18-22-9-5-8-20-6-1-3-10-23(20)22/h1-11,25H,12-19H2,(H,29,31)(H,30,32). The third-order valence-corrected chi connectivity index (χ3v) is 7.05. The van der Waals surface area contributed by atoms with Gasteiger partial charge in [-0.1, -0.05) is 66.7 Å². The maximum absolute atomic E-state index is 12.8. The lowest BCUT2D eigenvalue weighted by Crippen LogP contribution is -2.44. The molecular weight excluding hydrogens is 412 g/mol. The molecule has 2 amide bonds. The number of benzene rings is 3. The maximum atomic E-state index is 12.8. The molecule has 3 aromatic carbocycles. The molecule has 0 bridgehead atoms. The van der Waals surface area contributed by atoms with Crippen LogP contribution in [0.2, 0.25) is 0 Å². The van der Waals surface area contributed by atoms with Crippen LogP contribution in [-0.2, 0) is 27.2 Å². The van der Waals surface area contributed by atoms with E-state index >= 15 is 0 Å². The van der Waals surface area contributed by atoms with Gasteiger partial charge in [-0.15, -0.1) is 0 Å². The van der Waals surface area contributed by atoms with Crippen LogP contribution in [0.1, 0.15) is 48.5 Å². The first-order valence-corrected chi connectivity index (χ1v) is 11.9. The Hall–Kier alpha value is -3.18. The SMILES string of the molecule is O=C(CCC1(Cc2cccc3ccccc23)CCC(=O)N1)NCC1OCCc2ccccc21. The number of carbonyl (C=O) groups excluding carboxylic acids is 2. The number of fused-ring (bicyclic) bond motifs is 2. The lowest BCUT2D eigenvalue weighted by atomic mass is 9.83. The van der Waals surface area contributed by atoms with Gasteiger partial charge in [-0.05, 0) is 53.1 Å². The number of rotatable bonds is 7. The van der Waals surface area contributed by atoms with Gasteiger partial charge in [0.1, 0.15) is 6.10 Å². The molecule has 170 valence electrons. The Morgan fingerprint density at radius 2 is 1.85 bits per heavy atom. The lowest BCUT2D eigenvalue weighted by Gasteiger charge is -2.30. The molecule has 2 unspecified atom stereocenters. The van der Waals surface area contributed by atoms with Crippen molar-refractivity contribution in [2.75, 3.05) is 13.2 Å². The summed E-state index contributed by atoms with van der Waals surface area (Å²) in [5, 5.41) is 8.67. The first kappa shape index (κ1) is 21.7. The van der Waals surface area contributed by atoms with Crippen molar-refractivity contribution in [1.82, 2.24) is 10.6 Å². The number of ether oxygens (including phenoxy) is 1. The summed E-state index contributed by atoms with van der Waals surface area (Å²) in [6.45, 7) is 1.15. The predicted octanol–water partition coefficient (Wildman–Crippen LogP) is 4.24. The quantitative estimate of drug-likeness (QED) is 0.575. The summed E-state index contributed by atoms with van der Waals surface area (Å²) in [5.74, 6) is 0.0722. The van der Waals surface area contributed by atoms with Crippen LogP contribution in [0.3, 0.4) is 0 Å². The number of nitrogens with one attached hydrogen (secondary N) is 2. The van der Waals surface area contributed by atoms with E-state index in [9.17, 15) is 9.59 Å². The summed E-state index contributed by atoms with van der Waals surface area (Å²) in [6.07, 6.45) is 3.80. The lowest BCUT2D eigenvalue weighted by molar-refractivity contribution is -0.123. The smallest absolute Gasteiger partial charge is 0.220 e. The van der Waals surface area contributed by atoms with Crippen LogP contribution in [0.5, 0.6) is 0 Å². The summed E-state index contributed by atoms with van der Waals surface area (Å²) < 4.78 is 5.91. The second kappa shape index (κ2) is 9.36. The Balaban J connectivity index is 1.24. The monoisotopic (exact) mass is 442 g/mol. The summed E-state index contributed by atoms with van der Waals surface area (Å²) in [5.41, 5.74) is 3.29. The second-order valence-corrected chi connectivity index (χ2v) is 9.26. The highest BCUT2D eigenvalue weighted by Gasteiger charge is 2.38. The molecule has 5 nitrogen and oxygen atoms in total. The zero-order valence-electron chi connectivity index (χ0n) is 18.8. The molecule has 5 heteroatoms. The van der Waals surface area contributed by atoms with Crippen LogP contribution in [0.15, 0.2) is 66.7 Å². The van der Waals surface area contributed by atoms with Crippen molar-refractivity contribution < 1.29 is 14.3 Å². The van der Waals surface area contributed by atoms with Gasteiger partial charge in [0, 0.05) is 24.9 Å². The molecule has 0 radical (unpaired) electrons. The van der Waals surface area contributed by atoms with Crippen molar-refractivity contribution in [2.45, 2.75) is 50.2 Å². The van der Waals surface area contributed by atoms with Crippen molar-refractivity contribution in [3.63, 3.8) is 0 Å².